The van der Waals surface area contributed by atoms with E-state index in [-0.39, 0.29) is 42.0 Å². The van der Waals surface area contributed by atoms with Gasteiger partial charge in [-0.25, -0.2) is 0 Å². The summed E-state index contributed by atoms with van der Waals surface area (Å²) in [6, 6.07) is 6.71. The normalized spacial score (nSPS) is 20.3. The summed E-state index contributed by atoms with van der Waals surface area (Å²) >= 11 is 0. The Hall–Kier alpha value is -3.49. The van der Waals surface area contributed by atoms with Gasteiger partial charge in [0.1, 0.15) is 5.82 Å². The van der Waals surface area contributed by atoms with Gasteiger partial charge in [0, 0.05) is 18.5 Å². The topological polar surface area (TPSA) is 109 Å². The highest BCUT2D eigenvalue weighted by Crippen LogP contribution is 2.35. The lowest BCUT2D eigenvalue weighted by atomic mass is 9.85. The number of benzene rings is 1. The van der Waals surface area contributed by atoms with E-state index in [1.165, 1.54) is 0 Å². The van der Waals surface area contributed by atoms with E-state index in [0.717, 1.165) is 10.8 Å². The molecule has 4 rings (SSSR count). The number of fused-ring (bicyclic) bond motifs is 1. The zero-order chi connectivity index (χ0) is 22.1. The average molecular weight is 422 g/mol. The molecule has 3 amide bonds. The SMILES string of the molecule is CC(C)c1nnc(CNC(=O)c2cccc(NN3C(=O)[C@@H]4CC=CC[C@H]4C3=O)c2)n1C. The first-order valence-electron chi connectivity index (χ1n) is 10.4. The molecule has 162 valence electrons. The summed E-state index contributed by atoms with van der Waals surface area (Å²) in [6.45, 7) is 4.31. The first-order valence-corrected chi connectivity index (χ1v) is 10.4. The number of rotatable bonds is 6. The third kappa shape index (κ3) is 3.95. The van der Waals surface area contributed by atoms with E-state index >= 15 is 0 Å². The van der Waals surface area contributed by atoms with E-state index < -0.39 is 0 Å². The molecule has 2 N–H and O–H groups in total. The maximum Gasteiger partial charge on any atom is 0.252 e. The Kier molecular flexibility index (Phi) is 5.58. The van der Waals surface area contributed by atoms with Gasteiger partial charge in [-0.15, -0.1) is 10.2 Å². The molecule has 1 aliphatic heterocycles. The van der Waals surface area contributed by atoms with Gasteiger partial charge >= 0.3 is 0 Å². The molecule has 0 spiro atoms. The summed E-state index contributed by atoms with van der Waals surface area (Å²) in [5, 5.41) is 12.2. The highest BCUT2D eigenvalue weighted by molar-refractivity contribution is 6.06. The van der Waals surface area contributed by atoms with Crippen molar-refractivity contribution in [2.24, 2.45) is 18.9 Å². The van der Waals surface area contributed by atoms with Gasteiger partial charge in [-0.3, -0.25) is 19.8 Å². The fraction of sp³-hybridized carbons (Fsp3) is 0.409. The highest BCUT2D eigenvalue weighted by atomic mass is 16.2. The van der Waals surface area contributed by atoms with Crippen molar-refractivity contribution in [3.63, 3.8) is 0 Å². The van der Waals surface area contributed by atoms with E-state index in [0.29, 0.717) is 29.9 Å². The minimum absolute atomic E-state index is 0.225. The fourth-order valence-electron chi connectivity index (χ4n) is 4.06. The number of anilines is 1. The molecule has 2 aliphatic rings. The molecular formula is C22H26N6O3. The fourth-order valence-corrected chi connectivity index (χ4v) is 4.06. The molecule has 1 aromatic carbocycles. The molecule has 1 aromatic heterocycles. The molecule has 0 unspecified atom stereocenters. The Labute approximate surface area is 180 Å². The van der Waals surface area contributed by atoms with Crippen LogP contribution in [0.5, 0.6) is 0 Å². The molecule has 1 saturated heterocycles. The number of imide groups is 1. The number of hydrogen-bond acceptors (Lipinski definition) is 6. The maximum absolute atomic E-state index is 12.6. The van der Waals surface area contributed by atoms with Gasteiger partial charge in [-0.05, 0) is 31.0 Å². The maximum atomic E-state index is 12.6. The van der Waals surface area contributed by atoms with Crippen LogP contribution in [0.25, 0.3) is 0 Å². The van der Waals surface area contributed by atoms with Crippen LogP contribution in [0.15, 0.2) is 36.4 Å². The third-order valence-corrected chi connectivity index (χ3v) is 5.80. The highest BCUT2D eigenvalue weighted by Gasteiger charge is 2.47. The molecule has 2 atom stereocenters. The number of nitrogens with one attached hydrogen (secondary N) is 2. The van der Waals surface area contributed by atoms with Crippen LogP contribution in [0.2, 0.25) is 0 Å². The van der Waals surface area contributed by atoms with Crippen molar-refractivity contribution in [2.45, 2.75) is 39.2 Å². The van der Waals surface area contributed by atoms with Crippen molar-refractivity contribution in [2.75, 3.05) is 5.43 Å². The van der Waals surface area contributed by atoms with Gasteiger partial charge in [0.05, 0.1) is 24.1 Å². The number of hydrogen-bond donors (Lipinski definition) is 2. The van der Waals surface area contributed by atoms with Crippen molar-refractivity contribution in [1.82, 2.24) is 25.1 Å². The van der Waals surface area contributed by atoms with Crippen LogP contribution in [0.4, 0.5) is 5.69 Å². The smallest absolute Gasteiger partial charge is 0.252 e. The van der Waals surface area contributed by atoms with Crippen molar-refractivity contribution in [3.8, 4) is 0 Å². The summed E-state index contributed by atoms with van der Waals surface area (Å²) in [6.07, 6.45) is 5.05. The number of aromatic nitrogens is 3. The molecular weight excluding hydrogens is 396 g/mol. The van der Waals surface area contributed by atoms with Crippen molar-refractivity contribution >= 4 is 23.4 Å². The molecule has 1 fully saturated rings. The second kappa shape index (κ2) is 8.33. The van der Waals surface area contributed by atoms with Crippen LogP contribution >= 0.6 is 0 Å². The lowest BCUT2D eigenvalue weighted by Crippen LogP contribution is -2.36. The first kappa shape index (κ1) is 20.8. The Morgan fingerprint density at radius 3 is 2.42 bits per heavy atom. The number of carbonyl (C=O) groups is 3. The summed E-state index contributed by atoms with van der Waals surface area (Å²) in [7, 11) is 1.87. The Balaban J connectivity index is 1.42. The van der Waals surface area contributed by atoms with Crippen LogP contribution in [0.1, 0.15) is 54.6 Å². The molecule has 31 heavy (non-hydrogen) atoms. The van der Waals surface area contributed by atoms with E-state index in [1.807, 2.05) is 37.6 Å². The van der Waals surface area contributed by atoms with E-state index in [9.17, 15) is 14.4 Å². The summed E-state index contributed by atoms with van der Waals surface area (Å²) in [4.78, 5) is 37.9. The molecule has 1 aliphatic carbocycles. The monoisotopic (exact) mass is 422 g/mol. The van der Waals surface area contributed by atoms with Crippen LogP contribution in [-0.4, -0.2) is 37.5 Å². The molecule has 9 nitrogen and oxygen atoms in total. The molecule has 0 bridgehead atoms. The quantitative estimate of drug-likeness (QED) is 0.545. The minimum Gasteiger partial charge on any atom is -0.345 e. The summed E-state index contributed by atoms with van der Waals surface area (Å²) < 4.78 is 1.88. The van der Waals surface area contributed by atoms with E-state index in [2.05, 4.69) is 20.9 Å². The Morgan fingerprint density at radius 1 is 1.13 bits per heavy atom. The summed E-state index contributed by atoms with van der Waals surface area (Å²) in [5.41, 5.74) is 3.80. The van der Waals surface area contributed by atoms with Gasteiger partial charge < -0.3 is 9.88 Å². The predicted octanol–water partition coefficient (Wildman–Crippen LogP) is 2.15. The van der Waals surface area contributed by atoms with E-state index in [1.54, 1.807) is 24.3 Å². The molecule has 0 radical (unpaired) electrons. The lowest BCUT2D eigenvalue weighted by molar-refractivity contribution is -0.138. The second-order valence-electron chi connectivity index (χ2n) is 8.23. The largest absolute Gasteiger partial charge is 0.345 e. The minimum atomic E-state index is -0.307. The lowest BCUT2D eigenvalue weighted by Gasteiger charge is -2.17. The zero-order valence-corrected chi connectivity index (χ0v) is 17.8. The van der Waals surface area contributed by atoms with Crippen LogP contribution < -0.4 is 10.7 Å². The van der Waals surface area contributed by atoms with Crippen LogP contribution in [0.3, 0.4) is 0 Å². The first-order chi connectivity index (χ1) is 14.9. The average Bonchev–Trinajstić information content (AvgIpc) is 3.25. The number of nitrogens with zero attached hydrogens (tertiary/aromatic N) is 4. The molecule has 2 heterocycles. The second-order valence-corrected chi connectivity index (χ2v) is 8.23. The third-order valence-electron chi connectivity index (χ3n) is 5.80. The standard InChI is InChI=1S/C22H26N6O3/c1-13(2)19-25-24-18(27(19)3)12-23-20(29)14-7-6-8-15(11-14)26-28-21(30)16-9-4-5-10-17(16)22(28)31/h4-8,11,13,16-17,26H,9-10,12H2,1-3H3,(H,23,29)/t16-,17-/m1/s1. The number of amides is 3. The van der Waals surface area contributed by atoms with Gasteiger partial charge in [0.2, 0.25) is 0 Å². The van der Waals surface area contributed by atoms with Crippen molar-refractivity contribution in [1.29, 1.82) is 0 Å². The molecule has 2 aromatic rings. The number of hydrazine groups is 1. The van der Waals surface area contributed by atoms with E-state index in [4.69, 9.17) is 0 Å². The van der Waals surface area contributed by atoms with Crippen LogP contribution in [-0.2, 0) is 23.2 Å². The van der Waals surface area contributed by atoms with Gasteiger partial charge in [-0.1, -0.05) is 32.1 Å². The Morgan fingerprint density at radius 2 is 1.81 bits per heavy atom. The Bertz CT molecular complexity index is 1030. The summed E-state index contributed by atoms with van der Waals surface area (Å²) in [5.74, 6) is 0.407. The number of carbonyl (C=O) groups excluding carboxylic acids is 3. The zero-order valence-electron chi connectivity index (χ0n) is 17.8. The van der Waals surface area contributed by atoms with Gasteiger partial charge in [-0.2, -0.15) is 5.01 Å². The van der Waals surface area contributed by atoms with Gasteiger partial charge in [0.25, 0.3) is 17.7 Å². The van der Waals surface area contributed by atoms with Gasteiger partial charge in [0.15, 0.2) is 5.82 Å². The predicted molar refractivity (Wildman–Crippen MR) is 114 cm³/mol. The number of allylic oxidation sites excluding steroid dienone is 2. The molecule has 9 heteroatoms. The molecule has 0 saturated carbocycles. The van der Waals surface area contributed by atoms with Crippen LogP contribution in [0, 0.1) is 11.8 Å². The van der Waals surface area contributed by atoms with Crippen molar-refractivity contribution in [3.05, 3.63) is 53.6 Å². The van der Waals surface area contributed by atoms with Crippen molar-refractivity contribution < 1.29 is 14.4 Å².